The first-order chi connectivity index (χ1) is 14.1. The molecular weight excluding hydrogens is 399 g/mol. The van der Waals surface area contributed by atoms with Gasteiger partial charge < -0.3 is 14.9 Å². The van der Waals surface area contributed by atoms with Crippen molar-refractivity contribution in [2.24, 2.45) is 0 Å². The van der Waals surface area contributed by atoms with Crippen LogP contribution in [-0.4, -0.2) is 54.7 Å². The Balaban J connectivity index is 1.70. The SMILES string of the molecule is OC[C@H]1O[C@@H](n2cnc3c(-c4cccc5ccccc45)nc(Cl)nc32)[C@H](O)[C@@H]1F. The molecule has 4 atom stereocenters. The van der Waals surface area contributed by atoms with E-state index in [0.29, 0.717) is 16.9 Å². The van der Waals surface area contributed by atoms with Crippen LogP contribution in [0.4, 0.5) is 4.39 Å². The molecule has 9 heteroatoms. The zero-order chi connectivity index (χ0) is 20.1. The minimum atomic E-state index is -1.72. The van der Waals surface area contributed by atoms with Gasteiger partial charge in [0, 0.05) is 5.56 Å². The van der Waals surface area contributed by atoms with E-state index in [2.05, 4.69) is 15.0 Å². The summed E-state index contributed by atoms with van der Waals surface area (Å²) in [5.74, 6) is 0. The topological polar surface area (TPSA) is 93.3 Å². The number of rotatable bonds is 3. The van der Waals surface area contributed by atoms with Crippen molar-refractivity contribution < 1.29 is 19.3 Å². The Morgan fingerprint density at radius 3 is 2.72 bits per heavy atom. The van der Waals surface area contributed by atoms with Crippen LogP contribution in [0, 0.1) is 0 Å². The van der Waals surface area contributed by atoms with E-state index in [0.717, 1.165) is 16.3 Å². The minimum Gasteiger partial charge on any atom is -0.394 e. The lowest BCUT2D eigenvalue weighted by molar-refractivity contribution is -0.0495. The maximum Gasteiger partial charge on any atom is 0.225 e. The zero-order valence-electron chi connectivity index (χ0n) is 15.0. The maximum absolute atomic E-state index is 14.2. The number of nitrogens with zero attached hydrogens (tertiary/aromatic N) is 4. The van der Waals surface area contributed by atoms with Crippen molar-refractivity contribution >= 4 is 33.5 Å². The molecule has 0 aliphatic carbocycles. The third-order valence-electron chi connectivity index (χ3n) is 5.18. The Morgan fingerprint density at radius 2 is 1.93 bits per heavy atom. The predicted octanol–water partition coefficient (Wildman–Crippen LogP) is 2.89. The fourth-order valence-electron chi connectivity index (χ4n) is 3.78. The highest BCUT2D eigenvalue weighted by molar-refractivity contribution is 6.28. The fraction of sp³-hybridized carbons (Fsp3) is 0.250. The molecule has 2 aromatic carbocycles. The average molecular weight is 415 g/mol. The van der Waals surface area contributed by atoms with E-state index in [1.807, 2.05) is 42.5 Å². The molecule has 2 N–H and O–H groups in total. The molecule has 29 heavy (non-hydrogen) atoms. The van der Waals surface area contributed by atoms with E-state index in [4.69, 9.17) is 16.3 Å². The Morgan fingerprint density at radius 1 is 1.14 bits per heavy atom. The summed E-state index contributed by atoms with van der Waals surface area (Å²) in [4.78, 5) is 13.0. The summed E-state index contributed by atoms with van der Waals surface area (Å²) in [7, 11) is 0. The highest BCUT2D eigenvalue weighted by atomic mass is 35.5. The Labute approximate surface area is 169 Å². The number of halogens is 2. The molecule has 0 spiro atoms. The number of aliphatic hydroxyl groups is 2. The summed E-state index contributed by atoms with van der Waals surface area (Å²) in [6.07, 6.45) is -4.00. The smallest absolute Gasteiger partial charge is 0.225 e. The van der Waals surface area contributed by atoms with Gasteiger partial charge in [-0.2, -0.15) is 4.98 Å². The molecule has 0 bridgehead atoms. The van der Waals surface area contributed by atoms with Gasteiger partial charge >= 0.3 is 0 Å². The Hall–Kier alpha value is -2.65. The van der Waals surface area contributed by atoms with Crippen LogP contribution in [-0.2, 0) is 4.74 Å². The van der Waals surface area contributed by atoms with Gasteiger partial charge in [0.2, 0.25) is 5.28 Å². The molecule has 4 aromatic rings. The number of ether oxygens (including phenoxy) is 1. The monoisotopic (exact) mass is 414 g/mol. The fourth-order valence-corrected chi connectivity index (χ4v) is 3.95. The highest BCUT2D eigenvalue weighted by Gasteiger charge is 2.45. The normalized spacial score (nSPS) is 24.6. The summed E-state index contributed by atoms with van der Waals surface area (Å²) < 4.78 is 21.1. The number of alkyl halides is 1. The number of hydrogen-bond acceptors (Lipinski definition) is 6. The summed E-state index contributed by atoms with van der Waals surface area (Å²) in [5, 5.41) is 21.5. The van der Waals surface area contributed by atoms with E-state index >= 15 is 0 Å². The molecule has 148 valence electrons. The lowest BCUT2D eigenvalue weighted by atomic mass is 10.0. The van der Waals surface area contributed by atoms with Crippen molar-refractivity contribution in [3.8, 4) is 11.3 Å². The highest BCUT2D eigenvalue weighted by Crippen LogP contribution is 2.36. The predicted molar refractivity (Wildman–Crippen MR) is 105 cm³/mol. The van der Waals surface area contributed by atoms with Crippen LogP contribution in [0.1, 0.15) is 6.23 Å². The molecule has 0 saturated carbocycles. The first-order valence-electron chi connectivity index (χ1n) is 9.05. The van der Waals surface area contributed by atoms with Crippen molar-refractivity contribution in [1.29, 1.82) is 0 Å². The quantitative estimate of drug-likeness (QED) is 0.501. The standard InChI is InChI=1S/C20H16ClFN4O3/c21-20-24-15(12-7-3-5-10-4-1-2-6-11(10)12)16-18(25-20)26(9-23-16)19-17(28)14(22)13(8-27)29-19/h1-7,9,13-14,17,19,27-28H,8H2/t13-,14-,17-,19-/m1/s1. The second-order valence-electron chi connectivity index (χ2n) is 6.87. The third kappa shape index (κ3) is 2.87. The summed E-state index contributed by atoms with van der Waals surface area (Å²) in [5.41, 5.74) is 2.11. The van der Waals surface area contributed by atoms with E-state index < -0.39 is 31.2 Å². The molecule has 1 saturated heterocycles. The molecule has 1 aliphatic rings. The van der Waals surface area contributed by atoms with Crippen LogP contribution in [0.5, 0.6) is 0 Å². The van der Waals surface area contributed by atoms with Gasteiger partial charge in [0.1, 0.15) is 23.4 Å². The van der Waals surface area contributed by atoms with Crippen LogP contribution >= 0.6 is 11.6 Å². The van der Waals surface area contributed by atoms with Crippen LogP contribution in [0.3, 0.4) is 0 Å². The summed E-state index contributed by atoms with van der Waals surface area (Å²) in [6.45, 7) is -0.543. The molecule has 3 heterocycles. The van der Waals surface area contributed by atoms with Gasteiger partial charge in [0.05, 0.1) is 12.9 Å². The number of hydrogen-bond donors (Lipinski definition) is 2. The van der Waals surface area contributed by atoms with Gasteiger partial charge in [-0.05, 0) is 22.4 Å². The first-order valence-corrected chi connectivity index (χ1v) is 9.43. The number of fused-ring (bicyclic) bond motifs is 2. The second kappa shape index (κ2) is 7.00. The summed E-state index contributed by atoms with van der Waals surface area (Å²) in [6, 6.07) is 13.7. The number of aliphatic hydroxyl groups excluding tert-OH is 2. The van der Waals surface area contributed by atoms with Crippen LogP contribution in [0.25, 0.3) is 33.2 Å². The first kappa shape index (κ1) is 18.4. The minimum absolute atomic E-state index is 0.00909. The van der Waals surface area contributed by atoms with Crippen LogP contribution in [0.2, 0.25) is 5.28 Å². The number of aromatic nitrogens is 4. The molecule has 5 rings (SSSR count). The van der Waals surface area contributed by atoms with Gasteiger partial charge in [-0.25, -0.2) is 14.4 Å². The molecule has 1 fully saturated rings. The molecule has 0 amide bonds. The van der Waals surface area contributed by atoms with Gasteiger partial charge in [-0.1, -0.05) is 42.5 Å². The third-order valence-corrected chi connectivity index (χ3v) is 5.35. The number of imidazole rings is 1. The van der Waals surface area contributed by atoms with Crippen molar-refractivity contribution in [3.63, 3.8) is 0 Å². The number of benzene rings is 2. The van der Waals surface area contributed by atoms with Gasteiger partial charge in [-0.15, -0.1) is 0 Å². The van der Waals surface area contributed by atoms with E-state index in [1.165, 1.54) is 10.9 Å². The molecule has 0 radical (unpaired) electrons. The van der Waals surface area contributed by atoms with Gasteiger partial charge in [0.15, 0.2) is 18.0 Å². The van der Waals surface area contributed by atoms with Crippen LogP contribution < -0.4 is 0 Å². The lowest BCUT2D eigenvalue weighted by Crippen LogP contribution is -2.29. The molecule has 7 nitrogen and oxygen atoms in total. The molecule has 0 unspecified atom stereocenters. The van der Waals surface area contributed by atoms with Crippen LogP contribution in [0.15, 0.2) is 48.8 Å². The van der Waals surface area contributed by atoms with Gasteiger partial charge in [0.25, 0.3) is 0 Å². The van der Waals surface area contributed by atoms with E-state index in [-0.39, 0.29) is 5.28 Å². The van der Waals surface area contributed by atoms with Crippen molar-refractivity contribution in [2.75, 3.05) is 6.61 Å². The largest absolute Gasteiger partial charge is 0.394 e. The van der Waals surface area contributed by atoms with Crippen molar-refractivity contribution in [2.45, 2.75) is 24.6 Å². The zero-order valence-corrected chi connectivity index (χ0v) is 15.7. The summed E-state index contributed by atoms with van der Waals surface area (Å²) >= 11 is 6.20. The second-order valence-corrected chi connectivity index (χ2v) is 7.21. The Kier molecular flexibility index (Phi) is 4.44. The van der Waals surface area contributed by atoms with Crippen molar-refractivity contribution in [1.82, 2.24) is 19.5 Å². The van der Waals surface area contributed by atoms with E-state index in [1.54, 1.807) is 0 Å². The molecule has 1 aliphatic heterocycles. The lowest BCUT2D eigenvalue weighted by Gasteiger charge is -2.16. The molecule has 2 aromatic heterocycles. The van der Waals surface area contributed by atoms with Crippen molar-refractivity contribution in [3.05, 3.63) is 54.1 Å². The average Bonchev–Trinajstić information content (AvgIpc) is 3.28. The van der Waals surface area contributed by atoms with E-state index in [9.17, 15) is 14.6 Å². The molecular formula is C20H16ClFN4O3. The maximum atomic E-state index is 14.2. The van der Waals surface area contributed by atoms with Gasteiger partial charge in [-0.3, -0.25) is 4.57 Å². The Bertz CT molecular complexity index is 1210.